The first kappa shape index (κ1) is 22.7. The molecule has 29 heavy (non-hydrogen) atoms. The third-order valence-corrected chi connectivity index (χ3v) is 4.95. The number of hydrogen-bond donors (Lipinski definition) is 2. The zero-order valence-corrected chi connectivity index (χ0v) is 18.1. The number of unbranched alkanes of at least 4 members (excludes halogenated alkanes) is 2. The summed E-state index contributed by atoms with van der Waals surface area (Å²) in [5.41, 5.74) is 1.37. The van der Waals surface area contributed by atoms with Crippen molar-refractivity contribution >= 4 is 16.8 Å². The molecule has 0 aliphatic rings. The predicted molar refractivity (Wildman–Crippen MR) is 116 cm³/mol. The molecule has 0 radical (unpaired) electrons. The summed E-state index contributed by atoms with van der Waals surface area (Å²) in [6, 6.07) is 1.39. The van der Waals surface area contributed by atoms with E-state index < -0.39 is 5.63 Å². The van der Waals surface area contributed by atoms with Crippen molar-refractivity contribution < 1.29 is 19.4 Å². The normalized spacial score (nSPS) is 11.2. The molecule has 2 rings (SSSR count). The quantitative estimate of drug-likeness (QED) is 0.245. The molecule has 0 unspecified atom stereocenters. The van der Waals surface area contributed by atoms with Gasteiger partial charge in [-0.15, -0.1) is 0 Å². The minimum absolute atomic E-state index is 0.00176. The summed E-state index contributed by atoms with van der Waals surface area (Å²) in [5, 5.41) is 22.2. The number of hydrogen-bond acceptors (Lipinski definition) is 5. The minimum atomic E-state index is -0.585. The van der Waals surface area contributed by atoms with Crippen molar-refractivity contribution in [3.63, 3.8) is 0 Å². The largest absolute Gasteiger partial charge is 0.507 e. The maximum atomic E-state index is 13.0. The lowest BCUT2D eigenvalue weighted by molar-refractivity contribution is 0.0965. The Morgan fingerprint density at radius 1 is 1.17 bits per heavy atom. The second kappa shape index (κ2) is 9.77. The number of carbonyl (C=O) groups excluding carboxylic acids is 1. The summed E-state index contributed by atoms with van der Waals surface area (Å²) in [6.07, 6.45) is 5.83. The van der Waals surface area contributed by atoms with Crippen LogP contribution in [-0.4, -0.2) is 16.0 Å². The lowest BCUT2D eigenvalue weighted by Crippen LogP contribution is -2.10. The molecule has 0 bridgehead atoms. The lowest BCUT2D eigenvalue weighted by Gasteiger charge is -2.16. The SMILES string of the molecule is CCCCCc1cc(=O)oc2c(C(=O)CC(C)C)c(O)c(CC=C(C)C)c(O)c12. The maximum Gasteiger partial charge on any atom is 0.336 e. The van der Waals surface area contributed by atoms with Crippen LogP contribution in [0, 0.1) is 5.92 Å². The number of allylic oxidation sites excluding steroid dienone is 2. The predicted octanol–water partition coefficient (Wildman–Crippen LogP) is 5.67. The monoisotopic (exact) mass is 400 g/mol. The topological polar surface area (TPSA) is 87.7 Å². The van der Waals surface area contributed by atoms with Crippen molar-refractivity contribution in [3.05, 3.63) is 44.8 Å². The van der Waals surface area contributed by atoms with Crippen molar-refractivity contribution in [2.75, 3.05) is 0 Å². The van der Waals surface area contributed by atoms with Crippen molar-refractivity contribution in [1.29, 1.82) is 0 Å². The molecule has 5 heteroatoms. The Morgan fingerprint density at radius 3 is 2.45 bits per heavy atom. The zero-order chi connectivity index (χ0) is 21.7. The molecular weight excluding hydrogens is 368 g/mol. The molecule has 0 amide bonds. The fourth-order valence-corrected chi connectivity index (χ4v) is 3.49. The average molecular weight is 401 g/mol. The van der Waals surface area contributed by atoms with Gasteiger partial charge in [-0.05, 0) is 44.6 Å². The van der Waals surface area contributed by atoms with Gasteiger partial charge in [0.25, 0.3) is 0 Å². The van der Waals surface area contributed by atoms with Crippen molar-refractivity contribution in [2.24, 2.45) is 5.92 Å². The molecule has 0 aliphatic carbocycles. The van der Waals surface area contributed by atoms with Crippen LogP contribution in [0.4, 0.5) is 0 Å². The maximum absolute atomic E-state index is 13.0. The summed E-state index contributed by atoms with van der Waals surface area (Å²) in [4.78, 5) is 25.2. The summed E-state index contributed by atoms with van der Waals surface area (Å²) in [6.45, 7) is 9.76. The molecule has 2 N–H and O–H groups in total. The highest BCUT2D eigenvalue weighted by atomic mass is 16.4. The highest BCUT2D eigenvalue weighted by Gasteiger charge is 2.27. The van der Waals surface area contributed by atoms with E-state index in [-0.39, 0.29) is 52.8 Å². The molecule has 0 aliphatic heterocycles. The first-order valence-electron chi connectivity index (χ1n) is 10.4. The van der Waals surface area contributed by atoms with Crippen LogP contribution < -0.4 is 5.63 Å². The molecule has 0 atom stereocenters. The van der Waals surface area contributed by atoms with Crippen LogP contribution in [0.25, 0.3) is 11.0 Å². The summed E-state index contributed by atoms with van der Waals surface area (Å²) in [5.74, 6) is -0.639. The van der Waals surface area contributed by atoms with E-state index in [9.17, 15) is 19.8 Å². The Bertz CT molecular complexity index is 975. The molecule has 0 fully saturated rings. The number of carbonyl (C=O) groups is 1. The number of ketones is 1. The molecule has 158 valence electrons. The van der Waals surface area contributed by atoms with Gasteiger partial charge in [0, 0.05) is 18.1 Å². The van der Waals surface area contributed by atoms with Crippen molar-refractivity contribution in [2.45, 2.75) is 73.1 Å². The number of phenols is 2. The number of benzene rings is 1. The van der Waals surface area contributed by atoms with Gasteiger partial charge in [0.2, 0.25) is 0 Å². The molecule has 0 saturated carbocycles. The highest BCUT2D eigenvalue weighted by Crippen LogP contribution is 2.42. The van der Waals surface area contributed by atoms with Gasteiger partial charge in [-0.3, -0.25) is 4.79 Å². The summed E-state index contributed by atoms with van der Waals surface area (Å²) >= 11 is 0. The Morgan fingerprint density at radius 2 is 1.86 bits per heavy atom. The zero-order valence-electron chi connectivity index (χ0n) is 18.1. The van der Waals surface area contributed by atoms with Gasteiger partial charge in [0.05, 0.1) is 5.39 Å². The van der Waals surface area contributed by atoms with Gasteiger partial charge >= 0.3 is 5.63 Å². The third kappa shape index (κ3) is 5.28. The fourth-order valence-electron chi connectivity index (χ4n) is 3.49. The molecule has 0 saturated heterocycles. The molecule has 1 aromatic carbocycles. The van der Waals surface area contributed by atoms with Crippen molar-refractivity contribution in [3.8, 4) is 11.5 Å². The van der Waals surface area contributed by atoms with E-state index in [1.807, 2.05) is 33.8 Å². The van der Waals surface area contributed by atoms with Crippen LogP contribution in [0.3, 0.4) is 0 Å². The van der Waals surface area contributed by atoms with E-state index >= 15 is 0 Å². The van der Waals surface area contributed by atoms with E-state index in [0.29, 0.717) is 17.4 Å². The Balaban J connectivity index is 2.85. The number of phenolic OH excluding ortho intramolecular Hbond substituents is 2. The lowest BCUT2D eigenvalue weighted by atomic mass is 9.91. The van der Waals surface area contributed by atoms with E-state index in [4.69, 9.17) is 4.42 Å². The molecule has 1 aromatic heterocycles. The van der Waals surface area contributed by atoms with Gasteiger partial charge in [0.15, 0.2) is 11.4 Å². The first-order chi connectivity index (χ1) is 13.7. The van der Waals surface area contributed by atoms with Crippen molar-refractivity contribution in [1.82, 2.24) is 0 Å². The van der Waals surface area contributed by atoms with Crippen LogP contribution in [0.2, 0.25) is 0 Å². The number of rotatable bonds is 9. The van der Waals surface area contributed by atoms with Gasteiger partial charge in [-0.1, -0.05) is 45.3 Å². The summed E-state index contributed by atoms with van der Waals surface area (Å²) in [7, 11) is 0. The first-order valence-corrected chi connectivity index (χ1v) is 10.4. The smallest absolute Gasteiger partial charge is 0.336 e. The second-order valence-electron chi connectivity index (χ2n) is 8.31. The standard InChI is InChI=1S/C24H32O5/c1-6-7-8-9-16-13-19(26)29-24-20(16)22(27)17(11-10-14(2)3)23(28)21(24)18(25)12-15(4)5/h10,13,15,27-28H,6-9,11-12H2,1-5H3. The molecule has 1 heterocycles. The molecular formula is C24H32O5. The molecule has 5 nitrogen and oxygen atoms in total. The minimum Gasteiger partial charge on any atom is -0.507 e. The van der Waals surface area contributed by atoms with Gasteiger partial charge < -0.3 is 14.6 Å². The van der Waals surface area contributed by atoms with Crippen LogP contribution in [-0.2, 0) is 12.8 Å². The third-order valence-electron chi connectivity index (χ3n) is 4.95. The number of fused-ring (bicyclic) bond motifs is 1. The van der Waals surface area contributed by atoms with Gasteiger partial charge in [0.1, 0.15) is 17.1 Å². The second-order valence-corrected chi connectivity index (χ2v) is 8.31. The number of Topliss-reactive ketones (excluding diaryl/α,β-unsaturated/α-hetero) is 1. The van der Waals surface area contributed by atoms with Crippen LogP contribution in [0.1, 0.15) is 81.8 Å². The van der Waals surface area contributed by atoms with Gasteiger partial charge in [-0.25, -0.2) is 4.79 Å². The van der Waals surface area contributed by atoms with E-state index in [0.717, 1.165) is 24.8 Å². The van der Waals surface area contributed by atoms with Crippen LogP contribution in [0.15, 0.2) is 26.9 Å². The molecule has 2 aromatic rings. The van der Waals surface area contributed by atoms with Gasteiger partial charge in [-0.2, -0.15) is 0 Å². The Hall–Kier alpha value is -2.56. The highest BCUT2D eigenvalue weighted by molar-refractivity contribution is 6.11. The average Bonchev–Trinajstić information content (AvgIpc) is 2.60. The van der Waals surface area contributed by atoms with E-state index in [2.05, 4.69) is 6.92 Å². The summed E-state index contributed by atoms with van der Waals surface area (Å²) < 4.78 is 5.37. The fraction of sp³-hybridized carbons (Fsp3) is 0.500. The Kier molecular flexibility index (Phi) is 7.66. The number of aromatic hydroxyl groups is 2. The number of aryl methyl sites for hydroxylation is 1. The Labute approximate surface area is 172 Å². The van der Waals surface area contributed by atoms with Crippen LogP contribution >= 0.6 is 0 Å². The molecule has 0 spiro atoms. The van der Waals surface area contributed by atoms with Crippen LogP contribution in [0.5, 0.6) is 11.5 Å². The van der Waals surface area contributed by atoms with E-state index in [1.54, 1.807) is 0 Å². The van der Waals surface area contributed by atoms with E-state index in [1.165, 1.54) is 6.07 Å².